The third-order valence-corrected chi connectivity index (χ3v) is 3.33. The van der Waals surface area contributed by atoms with E-state index in [0.29, 0.717) is 33.3 Å². The van der Waals surface area contributed by atoms with Crippen molar-refractivity contribution in [1.29, 1.82) is 0 Å². The Labute approximate surface area is 142 Å². The zero-order valence-corrected chi connectivity index (χ0v) is 13.3. The van der Waals surface area contributed by atoms with E-state index < -0.39 is 0 Å². The summed E-state index contributed by atoms with van der Waals surface area (Å²) in [6.45, 7) is 0. The van der Waals surface area contributed by atoms with Crippen LogP contribution in [0.1, 0.15) is 0 Å². The van der Waals surface area contributed by atoms with E-state index in [4.69, 9.17) is 28.9 Å². The molecule has 0 aliphatic heterocycles. The fraction of sp³-hybridized carbons (Fsp3) is 0. The van der Waals surface area contributed by atoms with Crippen LogP contribution in [-0.4, -0.2) is 15.0 Å². The Bertz CT molecular complexity index is 819. The normalized spacial score (nSPS) is 10.3. The van der Waals surface area contributed by atoms with E-state index in [-0.39, 0.29) is 0 Å². The molecule has 2 aromatic carbocycles. The average Bonchev–Trinajstić information content (AvgIpc) is 2.49. The SMILES string of the molecule is Nc1ccccc1Nc1ncnc(Nc2cc(Cl)cc(Cl)c2)n1. The molecule has 0 unspecified atom stereocenters. The van der Waals surface area contributed by atoms with Crippen LogP contribution in [0.5, 0.6) is 0 Å². The first kappa shape index (κ1) is 15.3. The van der Waals surface area contributed by atoms with Gasteiger partial charge in [-0.15, -0.1) is 0 Å². The van der Waals surface area contributed by atoms with Crippen molar-refractivity contribution in [1.82, 2.24) is 15.0 Å². The van der Waals surface area contributed by atoms with E-state index >= 15 is 0 Å². The molecule has 0 amide bonds. The van der Waals surface area contributed by atoms with Gasteiger partial charge in [0, 0.05) is 15.7 Å². The number of aromatic nitrogens is 3. The molecule has 1 aromatic heterocycles. The van der Waals surface area contributed by atoms with Gasteiger partial charge in [-0.2, -0.15) is 4.98 Å². The molecule has 6 nitrogen and oxygen atoms in total. The fourth-order valence-electron chi connectivity index (χ4n) is 1.90. The van der Waals surface area contributed by atoms with E-state index in [0.717, 1.165) is 5.69 Å². The lowest BCUT2D eigenvalue weighted by Gasteiger charge is -2.09. The molecule has 116 valence electrons. The van der Waals surface area contributed by atoms with Crippen LogP contribution in [0, 0.1) is 0 Å². The van der Waals surface area contributed by atoms with Crippen LogP contribution in [0.15, 0.2) is 48.8 Å². The second-order valence-corrected chi connectivity index (χ2v) is 5.50. The van der Waals surface area contributed by atoms with Crippen molar-refractivity contribution < 1.29 is 0 Å². The minimum atomic E-state index is 0.357. The highest BCUT2D eigenvalue weighted by Crippen LogP contribution is 2.25. The molecule has 0 saturated heterocycles. The van der Waals surface area contributed by atoms with Crippen molar-refractivity contribution >= 4 is 52.2 Å². The van der Waals surface area contributed by atoms with Crippen LogP contribution in [0.25, 0.3) is 0 Å². The van der Waals surface area contributed by atoms with Gasteiger partial charge in [0.05, 0.1) is 11.4 Å². The molecular formula is C15H12Cl2N6. The summed E-state index contributed by atoms with van der Waals surface area (Å²) in [4.78, 5) is 12.4. The Hall–Kier alpha value is -2.57. The van der Waals surface area contributed by atoms with Crippen molar-refractivity contribution in [3.8, 4) is 0 Å². The molecular weight excluding hydrogens is 335 g/mol. The van der Waals surface area contributed by atoms with Gasteiger partial charge in [-0.3, -0.25) is 0 Å². The Morgan fingerprint density at radius 3 is 2.22 bits per heavy atom. The number of para-hydroxylation sites is 2. The van der Waals surface area contributed by atoms with Crippen LogP contribution in [-0.2, 0) is 0 Å². The fourth-order valence-corrected chi connectivity index (χ4v) is 2.43. The summed E-state index contributed by atoms with van der Waals surface area (Å²) in [7, 11) is 0. The standard InChI is InChI=1S/C15H12Cl2N6/c16-9-5-10(17)7-11(6-9)21-14-19-8-20-15(23-14)22-13-4-2-1-3-12(13)18/h1-8H,18H2,(H2,19,20,21,22,23). The summed E-state index contributed by atoms with van der Waals surface area (Å²) >= 11 is 11.9. The predicted octanol–water partition coefficient (Wildman–Crippen LogP) is 4.25. The van der Waals surface area contributed by atoms with Gasteiger partial charge in [0.2, 0.25) is 11.9 Å². The van der Waals surface area contributed by atoms with Gasteiger partial charge >= 0.3 is 0 Å². The molecule has 0 fully saturated rings. The summed E-state index contributed by atoms with van der Waals surface area (Å²) in [6, 6.07) is 12.4. The minimum Gasteiger partial charge on any atom is -0.397 e. The summed E-state index contributed by atoms with van der Waals surface area (Å²) in [6.07, 6.45) is 1.39. The number of halogens is 2. The van der Waals surface area contributed by atoms with Gasteiger partial charge in [-0.1, -0.05) is 35.3 Å². The van der Waals surface area contributed by atoms with Crippen molar-refractivity contribution in [3.05, 3.63) is 58.8 Å². The van der Waals surface area contributed by atoms with Crippen LogP contribution >= 0.6 is 23.2 Å². The first-order chi connectivity index (χ1) is 11.1. The molecule has 23 heavy (non-hydrogen) atoms. The van der Waals surface area contributed by atoms with Crippen molar-refractivity contribution in [2.45, 2.75) is 0 Å². The van der Waals surface area contributed by atoms with Crippen LogP contribution in [0.3, 0.4) is 0 Å². The van der Waals surface area contributed by atoms with Crippen molar-refractivity contribution in [2.75, 3.05) is 16.4 Å². The molecule has 0 aliphatic carbocycles. The number of rotatable bonds is 4. The highest BCUT2D eigenvalue weighted by molar-refractivity contribution is 6.35. The van der Waals surface area contributed by atoms with E-state index in [1.165, 1.54) is 6.33 Å². The molecule has 4 N–H and O–H groups in total. The molecule has 3 rings (SSSR count). The Kier molecular flexibility index (Phi) is 4.45. The average molecular weight is 347 g/mol. The first-order valence-electron chi connectivity index (χ1n) is 6.64. The molecule has 0 atom stereocenters. The topological polar surface area (TPSA) is 88.8 Å². The minimum absolute atomic E-state index is 0.357. The van der Waals surface area contributed by atoms with Gasteiger partial charge in [-0.05, 0) is 30.3 Å². The zero-order chi connectivity index (χ0) is 16.2. The van der Waals surface area contributed by atoms with E-state index in [2.05, 4.69) is 25.6 Å². The third-order valence-electron chi connectivity index (χ3n) is 2.90. The lowest BCUT2D eigenvalue weighted by atomic mass is 10.3. The van der Waals surface area contributed by atoms with Gasteiger partial charge in [0.1, 0.15) is 6.33 Å². The number of benzene rings is 2. The summed E-state index contributed by atoms with van der Waals surface area (Å²) in [5, 5.41) is 7.10. The lowest BCUT2D eigenvalue weighted by Crippen LogP contribution is -2.04. The van der Waals surface area contributed by atoms with Gasteiger partial charge in [0.15, 0.2) is 0 Å². The second-order valence-electron chi connectivity index (χ2n) is 4.63. The maximum atomic E-state index is 5.97. The Morgan fingerprint density at radius 1 is 0.870 bits per heavy atom. The number of nitrogens with two attached hydrogens (primary N) is 1. The molecule has 1 heterocycles. The van der Waals surface area contributed by atoms with E-state index in [1.807, 2.05) is 18.2 Å². The maximum absolute atomic E-state index is 5.97. The Balaban J connectivity index is 1.81. The van der Waals surface area contributed by atoms with Crippen molar-refractivity contribution in [3.63, 3.8) is 0 Å². The predicted molar refractivity (Wildman–Crippen MR) is 93.7 cm³/mol. The number of nitrogen functional groups attached to an aromatic ring is 1. The largest absolute Gasteiger partial charge is 0.397 e. The van der Waals surface area contributed by atoms with Crippen LogP contribution in [0.2, 0.25) is 10.0 Å². The smallest absolute Gasteiger partial charge is 0.232 e. The number of hydrogen-bond donors (Lipinski definition) is 3. The number of hydrogen-bond acceptors (Lipinski definition) is 6. The Morgan fingerprint density at radius 2 is 1.52 bits per heavy atom. The van der Waals surface area contributed by atoms with E-state index in [1.54, 1.807) is 24.3 Å². The maximum Gasteiger partial charge on any atom is 0.232 e. The van der Waals surface area contributed by atoms with Crippen LogP contribution < -0.4 is 16.4 Å². The zero-order valence-electron chi connectivity index (χ0n) is 11.8. The number of nitrogens with one attached hydrogen (secondary N) is 2. The monoisotopic (exact) mass is 346 g/mol. The van der Waals surface area contributed by atoms with Gasteiger partial charge < -0.3 is 16.4 Å². The number of nitrogens with zero attached hydrogens (tertiary/aromatic N) is 3. The number of anilines is 5. The summed E-state index contributed by atoms with van der Waals surface area (Å²) in [5.74, 6) is 0.726. The van der Waals surface area contributed by atoms with Gasteiger partial charge in [0.25, 0.3) is 0 Å². The summed E-state index contributed by atoms with van der Waals surface area (Å²) < 4.78 is 0. The van der Waals surface area contributed by atoms with E-state index in [9.17, 15) is 0 Å². The molecule has 0 radical (unpaired) electrons. The highest BCUT2D eigenvalue weighted by atomic mass is 35.5. The highest BCUT2D eigenvalue weighted by Gasteiger charge is 2.05. The third kappa shape index (κ3) is 4.00. The van der Waals surface area contributed by atoms with Crippen molar-refractivity contribution in [2.24, 2.45) is 0 Å². The molecule has 0 spiro atoms. The van der Waals surface area contributed by atoms with Crippen LogP contribution in [0.4, 0.5) is 29.0 Å². The summed E-state index contributed by atoms with van der Waals surface area (Å²) in [5.41, 5.74) is 7.88. The molecule has 0 aliphatic rings. The lowest BCUT2D eigenvalue weighted by molar-refractivity contribution is 1.06. The first-order valence-corrected chi connectivity index (χ1v) is 7.39. The second kappa shape index (κ2) is 6.68. The van der Waals surface area contributed by atoms with Gasteiger partial charge in [-0.25, -0.2) is 9.97 Å². The molecule has 0 saturated carbocycles. The quantitative estimate of drug-likeness (QED) is 0.612. The molecule has 3 aromatic rings. The molecule has 0 bridgehead atoms. The molecule has 8 heteroatoms.